The van der Waals surface area contributed by atoms with Crippen molar-refractivity contribution in [2.24, 2.45) is 0 Å². The van der Waals surface area contributed by atoms with Crippen LogP contribution in [0.5, 0.6) is 0 Å². The molecule has 14 heavy (non-hydrogen) atoms. The van der Waals surface area contributed by atoms with Gasteiger partial charge in [-0.1, -0.05) is 12.1 Å². The molecule has 0 bridgehead atoms. The molecule has 0 amide bonds. The molecule has 0 aliphatic rings. The van der Waals surface area contributed by atoms with Crippen molar-refractivity contribution in [2.45, 2.75) is 17.9 Å². The summed E-state index contributed by atoms with van der Waals surface area (Å²) in [5.41, 5.74) is 1.27. The Balaban J connectivity index is 2.64. The standard InChI is InChI=1S/C11H14N2S/c1-9(13-2)10-3-5-11(6-4-10)14-8-7-12/h3-6,9,13H,8H2,1-2H3. The number of hydrogen-bond donors (Lipinski definition) is 1. The molecule has 1 rings (SSSR count). The molecule has 1 atom stereocenters. The van der Waals surface area contributed by atoms with E-state index in [1.165, 1.54) is 5.56 Å². The summed E-state index contributed by atoms with van der Waals surface area (Å²) < 4.78 is 0. The fourth-order valence-corrected chi connectivity index (χ4v) is 1.69. The highest BCUT2D eigenvalue weighted by molar-refractivity contribution is 7.99. The Hall–Kier alpha value is -0.980. The van der Waals surface area contributed by atoms with E-state index >= 15 is 0 Å². The van der Waals surface area contributed by atoms with Crippen molar-refractivity contribution in [3.63, 3.8) is 0 Å². The minimum absolute atomic E-state index is 0.380. The van der Waals surface area contributed by atoms with Gasteiger partial charge in [0.2, 0.25) is 0 Å². The Bertz CT molecular complexity index is 313. The number of nitrogens with zero attached hydrogens (tertiary/aromatic N) is 1. The highest BCUT2D eigenvalue weighted by Crippen LogP contribution is 2.20. The maximum absolute atomic E-state index is 8.43. The molecule has 1 N–H and O–H groups in total. The zero-order valence-corrected chi connectivity index (χ0v) is 9.27. The van der Waals surface area contributed by atoms with Gasteiger partial charge in [-0.2, -0.15) is 5.26 Å². The third-order valence-corrected chi connectivity index (χ3v) is 3.00. The van der Waals surface area contributed by atoms with Crippen molar-refractivity contribution in [2.75, 3.05) is 12.8 Å². The predicted octanol–water partition coefficient (Wildman–Crippen LogP) is 2.58. The van der Waals surface area contributed by atoms with Crippen molar-refractivity contribution in [1.82, 2.24) is 5.32 Å². The average molecular weight is 206 g/mol. The summed E-state index contributed by atoms with van der Waals surface area (Å²) in [7, 11) is 1.95. The van der Waals surface area contributed by atoms with Crippen LogP contribution in [0.3, 0.4) is 0 Å². The monoisotopic (exact) mass is 206 g/mol. The lowest BCUT2D eigenvalue weighted by Gasteiger charge is -2.10. The largest absolute Gasteiger partial charge is 0.313 e. The summed E-state index contributed by atoms with van der Waals surface area (Å²) in [6, 6.07) is 10.8. The lowest BCUT2D eigenvalue weighted by atomic mass is 10.1. The maximum atomic E-state index is 8.43. The van der Waals surface area contributed by atoms with E-state index < -0.39 is 0 Å². The number of thioether (sulfide) groups is 1. The summed E-state index contributed by atoms with van der Waals surface area (Å²) in [6.45, 7) is 2.12. The number of nitrogens with one attached hydrogen (secondary N) is 1. The predicted molar refractivity (Wildman–Crippen MR) is 60.3 cm³/mol. The first-order chi connectivity index (χ1) is 6.77. The highest BCUT2D eigenvalue weighted by atomic mass is 32.2. The molecule has 0 fully saturated rings. The zero-order valence-electron chi connectivity index (χ0n) is 8.45. The van der Waals surface area contributed by atoms with Crippen LogP contribution in [0, 0.1) is 11.3 Å². The Morgan fingerprint density at radius 3 is 2.57 bits per heavy atom. The molecular weight excluding hydrogens is 192 g/mol. The Morgan fingerprint density at radius 1 is 1.43 bits per heavy atom. The van der Waals surface area contributed by atoms with Gasteiger partial charge in [-0.15, -0.1) is 11.8 Å². The van der Waals surface area contributed by atoms with Crippen molar-refractivity contribution in [3.05, 3.63) is 29.8 Å². The van der Waals surface area contributed by atoms with Crippen molar-refractivity contribution >= 4 is 11.8 Å². The molecule has 0 aliphatic carbocycles. The second kappa shape index (κ2) is 5.69. The molecule has 1 aromatic rings. The molecule has 1 unspecified atom stereocenters. The van der Waals surface area contributed by atoms with Crippen LogP contribution in [0.15, 0.2) is 29.2 Å². The van der Waals surface area contributed by atoms with Crippen LogP contribution in [0.25, 0.3) is 0 Å². The molecule has 0 aliphatic heterocycles. The zero-order chi connectivity index (χ0) is 10.4. The van der Waals surface area contributed by atoms with Crippen molar-refractivity contribution < 1.29 is 0 Å². The molecular formula is C11H14N2S. The Kier molecular flexibility index (Phi) is 4.51. The van der Waals surface area contributed by atoms with E-state index in [-0.39, 0.29) is 0 Å². The lowest BCUT2D eigenvalue weighted by molar-refractivity contribution is 0.652. The summed E-state index contributed by atoms with van der Waals surface area (Å²) >= 11 is 1.57. The van der Waals surface area contributed by atoms with Crippen LogP contribution in [-0.2, 0) is 0 Å². The molecule has 2 nitrogen and oxygen atoms in total. The third-order valence-electron chi connectivity index (χ3n) is 2.12. The molecule has 0 heterocycles. The molecule has 0 radical (unpaired) electrons. The first-order valence-corrected chi connectivity index (χ1v) is 5.53. The summed E-state index contributed by atoms with van der Waals surface area (Å²) in [5.74, 6) is 0.515. The quantitative estimate of drug-likeness (QED) is 0.769. The van der Waals surface area contributed by atoms with Crippen molar-refractivity contribution in [1.29, 1.82) is 5.26 Å². The Labute approximate surface area is 89.3 Å². The number of nitriles is 1. The van der Waals surface area contributed by atoms with Gasteiger partial charge in [-0.05, 0) is 31.7 Å². The fourth-order valence-electron chi connectivity index (χ4n) is 1.14. The highest BCUT2D eigenvalue weighted by Gasteiger charge is 2.01. The van der Waals surface area contributed by atoms with Crippen LogP contribution < -0.4 is 5.32 Å². The number of benzene rings is 1. The lowest BCUT2D eigenvalue weighted by Crippen LogP contribution is -2.11. The van der Waals surface area contributed by atoms with Gasteiger partial charge in [0.15, 0.2) is 0 Å². The van der Waals surface area contributed by atoms with E-state index in [0.717, 1.165) is 4.90 Å². The van der Waals surface area contributed by atoms with E-state index in [9.17, 15) is 0 Å². The van der Waals surface area contributed by atoms with Gasteiger partial charge < -0.3 is 5.32 Å². The molecule has 0 spiro atoms. The third kappa shape index (κ3) is 3.06. The van der Waals surface area contributed by atoms with E-state index in [1.54, 1.807) is 11.8 Å². The second-order valence-electron chi connectivity index (χ2n) is 3.03. The second-order valence-corrected chi connectivity index (χ2v) is 4.07. The minimum Gasteiger partial charge on any atom is -0.313 e. The number of hydrogen-bond acceptors (Lipinski definition) is 3. The van der Waals surface area contributed by atoms with Crippen LogP contribution in [-0.4, -0.2) is 12.8 Å². The normalized spacial score (nSPS) is 12.1. The van der Waals surface area contributed by atoms with Gasteiger partial charge in [-0.25, -0.2) is 0 Å². The minimum atomic E-state index is 0.380. The average Bonchev–Trinajstić information content (AvgIpc) is 2.26. The molecule has 0 aromatic heterocycles. The van der Waals surface area contributed by atoms with Gasteiger partial charge >= 0.3 is 0 Å². The first-order valence-electron chi connectivity index (χ1n) is 4.55. The van der Waals surface area contributed by atoms with Crippen LogP contribution >= 0.6 is 11.8 Å². The summed E-state index contributed by atoms with van der Waals surface area (Å²) in [6.07, 6.45) is 0. The van der Waals surface area contributed by atoms with Gasteiger partial charge in [-0.3, -0.25) is 0 Å². The molecule has 1 aromatic carbocycles. The Morgan fingerprint density at radius 2 is 2.07 bits per heavy atom. The van der Waals surface area contributed by atoms with E-state index in [0.29, 0.717) is 11.8 Å². The summed E-state index contributed by atoms with van der Waals surface area (Å²) in [5, 5.41) is 11.6. The molecule has 74 valence electrons. The summed E-state index contributed by atoms with van der Waals surface area (Å²) in [4.78, 5) is 1.15. The maximum Gasteiger partial charge on any atom is 0.0855 e. The van der Waals surface area contributed by atoms with Crippen LogP contribution in [0.1, 0.15) is 18.5 Å². The molecule has 0 saturated heterocycles. The van der Waals surface area contributed by atoms with Gasteiger partial charge in [0.25, 0.3) is 0 Å². The topological polar surface area (TPSA) is 35.8 Å². The van der Waals surface area contributed by atoms with Gasteiger partial charge in [0, 0.05) is 10.9 Å². The van der Waals surface area contributed by atoms with Crippen LogP contribution in [0.2, 0.25) is 0 Å². The number of rotatable bonds is 4. The molecule has 0 saturated carbocycles. The van der Waals surface area contributed by atoms with Gasteiger partial charge in [0.1, 0.15) is 0 Å². The SMILES string of the molecule is CNC(C)c1ccc(SCC#N)cc1. The van der Waals surface area contributed by atoms with Crippen LogP contribution in [0.4, 0.5) is 0 Å². The van der Waals surface area contributed by atoms with E-state index in [4.69, 9.17) is 5.26 Å². The van der Waals surface area contributed by atoms with E-state index in [2.05, 4.69) is 42.6 Å². The van der Waals surface area contributed by atoms with Crippen molar-refractivity contribution in [3.8, 4) is 6.07 Å². The smallest absolute Gasteiger partial charge is 0.0855 e. The molecule has 3 heteroatoms. The van der Waals surface area contributed by atoms with Gasteiger partial charge in [0.05, 0.1) is 11.8 Å². The fraction of sp³-hybridized carbons (Fsp3) is 0.364. The first kappa shape index (κ1) is 11.1. The van der Waals surface area contributed by atoms with E-state index in [1.807, 2.05) is 7.05 Å².